The monoisotopic (exact) mass is 229 g/mol. The van der Waals surface area contributed by atoms with Crippen LogP contribution in [-0.4, -0.2) is 26.4 Å². The molecular formula is C11H16ClNO2. The van der Waals surface area contributed by atoms with Crippen LogP contribution in [0.1, 0.15) is 5.56 Å². The number of nitrogens with two attached hydrogens (primary N) is 1. The molecule has 0 fully saturated rings. The molecule has 84 valence electrons. The van der Waals surface area contributed by atoms with E-state index in [2.05, 4.69) is 0 Å². The van der Waals surface area contributed by atoms with Crippen molar-refractivity contribution >= 4 is 11.6 Å². The highest BCUT2D eigenvalue weighted by molar-refractivity contribution is 6.32. The van der Waals surface area contributed by atoms with E-state index in [0.717, 1.165) is 5.56 Å². The van der Waals surface area contributed by atoms with E-state index in [1.54, 1.807) is 7.11 Å². The quantitative estimate of drug-likeness (QED) is 0.840. The van der Waals surface area contributed by atoms with Gasteiger partial charge in [0.15, 0.2) is 0 Å². The van der Waals surface area contributed by atoms with Gasteiger partial charge in [-0.05, 0) is 24.6 Å². The van der Waals surface area contributed by atoms with E-state index in [9.17, 15) is 0 Å². The van der Waals surface area contributed by atoms with Gasteiger partial charge in [-0.15, -0.1) is 0 Å². The first kappa shape index (κ1) is 12.3. The molecule has 1 aromatic rings. The maximum absolute atomic E-state index is 5.99. The smallest absolute Gasteiger partial charge is 0.137 e. The maximum atomic E-state index is 5.99. The Bertz CT molecular complexity index is 317. The Hall–Kier alpha value is -0.770. The van der Waals surface area contributed by atoms with Gasteiger partial charge in [0, 0.05) is 7.11 Å². The first-order valence-electron chi connectivity index (χ1n) is 4.77. The minimum absolute atomic E-state index is 0.132. The molecule has 0 heterocycles. The number of benzene rings is 1. The van der Waals surface area contributed by atoms with Crippen molar-refractivity contribution in [2.45, 2.75) is 13.0 Å². The average molecular weight is 230 g/mol. The molecule has 0 aliphatic rings. The summed E-state index contributed by atoms with van der Waals surface area (Å²) in [5.74, 6) is 0.661. The summed E-state index contributed by atoms with van der Waals surface area (Å²) in [6.07, 6.45) is 0. The molecule has 1 rings (SSSR count). The minimum atomic E-state index is -0.132. The lowest BCUT2D eigenvalue weighted by Gasteiger charge is -2.13. The predicted molar refractivity (Wildman–Crippen MR) is 61.5 cm³/mol. The maximum Gasteiger partial charge on any atom is 0.137 e. The third kappa shape index (κ3) is 4.08. The molecule has 15 heavy (non-hydrogen) atoms. The van der Waals surface area contributed by atoms with Crippen LogP contribution >= 0.6 is 11.6 Å². The molecule has 1 atom stereocenters. The zero-order chi connectivity index (χ0) is 11.3. The first-order valence-corrected chi connectivity index (χ1v) is 5.14. The molecule has 0 amide bonds. The van der Waals surface area contributed by atoms with Gasteiger partial charge in [-0.25, -0.2) is 0 Å². The topological polar surface area (TPSA) is 44.5 Å². The van der Waals surface area contributed by atoms with Gasteiger partial charge in [0.2, 0.25) is 0 Å². The van der Waals surface area contributed by atoms with E-state index in [1.165, 1.54) is 0 Å². The molecule has 0 saturated carbocycles. The third-order valence-electron chi connectivity index (χ3n) is 1.92. The second kappa shape index (κ2) is 5.95. The van der Waals surface area contributed by atoms with E-state index in [1.807, 2.05) is 25.1 Å². The second-order valence-electron chi connectivity index (χ2n) is 3.46. The number of rotatable bonds is 5. The van der Waals surface area contributed by atoms with Crippen molar-refractivity contribution in [1.29, 1.82) is 0 Å². The normalized spacial score (nSPS) is 12.5. The number of aryl methyl sites for hydroxylation is 1. The second-order valence-corrected chi connectivity index (χ2v) is 3.87. The van der Waals surface area contributed by atoms with Gasteiger partial charge >= 0.3 is 0 Å². The van der Waals surface area contributed by atoms with E-state index >= 15 is 0 Å². The molecule has 1 unspecified atom stereocenters. The average Bonchev–Trinajstić information content (AvgIpc) is 2.17. The van der Waals surface area contributed by atoms with Crippen LogP contribution in [0.15, 0.2) is 18.2 Å². The summed E-state index contributed by atoms with van der Waals surface area (Å²) < 4.78 is 10.4. The summed E-state index contributed by atoms with van der Waals surface area (Å²) in [4.78, 5) is 0. The van der Waals surface area contributed by atoms with Crippen molar-refractivity contribution in [3.63, 3.8) is 0 Å². The summed E-state index contributed by atoms with van der Waals surface area (Å²) in [7, 11) is 1.61. The molecular weight excluding hydrogens is 214 g/mol. The Balaban J connectivity index is 2.50. The highest BCUT2D eigenvalue weighted by atomic mass is 35.5. The van der Waals surface area contributed by atoms with Crippen LogP contribution in [0.2, 0.25) is 5.02 Å². The minimum Gasteiger partial charge on any atom is -0.490 e. The number of ether oxygens (including phenoxy) is 2. The van der Waals surface area contributed by atoms with Crippen LogP contribution in [0.25, 0.3) is 0 Å². The zero-order valence-electron chi connectivity index (χ0n) is 9.00. The van der Waals surface area contributed by atoms with Crippen molar-refractivity contribution in [3.05, 3.63) is 28.8 Å². The van der Waals surface area contributed by atoms with Crippen molar-refractivity contribution < 1.29 is 9.47 Å². The molecule has 0 bridgehead atoms. The predicted octanol–water partition coefficient (Wildman–Crippen LogP) is 2.00. The summed E-state index contributed by atoms with van der Waals surface area (Å²) >= 11 is 5.99. The number of hydrogen-bond donors (Lipinski definition) is 1. The third-order valence-corrected chi connectivity index (χ3v) is 2.22. The van der Waals surface area contributed by atoms with Crippen LogP contribution in [0, 0.1) is 6.92 Å². The molecule has 0 aliphatic heterocycles. The summed E-state index contributed by atoms with van der Waals surface area (Å²) in [6, 6.07) is 5.52. The van der Waals surface area contributed by atoms with Gasteiger partial charge in [0.05, 0.1) is 17.7 Å². The van der Waals surface area contributed by atoms with E-state index < -0.39 is 0 Å². The molecule has 0 aliphatic carbocycles. The van der Waals surface area contributed by atoms with Crippen LogP contribution in [-0.2, 0) is 4.74 Å². The molecule has 2 N–H and O–H groups in total. The van der Waals surface area contributed by atoms with Crippen molar-refractivity contribution in [2.24, 2.45) is 5.73 Å². The number of hydrogen-bond acceptors (Lipinski definition) is 3. The van der Waals surface area contributed by atoms with Gasteiger partial charge in [-0.1, -0.05) is 17.7 Å². The Labute approximate surface area is 95.1 Å². The highest BCUT2D eigenvalue weighted by Crippen LogP contribution is 2.24. The lowest BCUT2D eigenvalue weighted by molar-refractivity contribution is 0.152. The summed E-state index contributed by atoms with van der Waals surface area (Å²) in [6.45, 7) is 2.85. The van der Waals surface area contributed by atoms with Crippen LogP contribution in [0.3, 0.4) is 0 Å². The van der Waals surface area contributed by atoms with Crippen molar-refractivity contribution in [3.8, 4) is 5.75 Å². The van der Waals surface area contributed by atoms with Gasteiger partial charge in [-0.2, -0.15) is 0 Å². The van der Waals surface area contributed by atoms with Crippen LogP contribution < -0.4 is 10.5 Å². The standard InChI is InChI=1S/C11H16ClNO2/c1-8-3-4-11(10(12)5-8)15-7-9(13)6-14-2/h3-5,9H,6-7,13H2,1-2H3. The Morgan fingerprint density at radius 1 is 1.40 bits per heavy atom. The lowest BCUT2D eigenvalue weighted by Crippen LogP contribution is -2.32. The molecule has 0 radical (unpaired) electrons. The highest BCUT2D eigenvalue weighted by Gasteiger charge is 2.05. The SMILES string of the molecule is COCC(N)COc1ccc(C)cc1Cl. The van der Waals surface area contributed by atoms with Gasteiger partial charge < -0.3 is 15.2 Å². The Morgan fingerprint density at radius 2 is 2.13 bits per heavy atom. The fraction of sp³-hybridized carbons (Fsp3) is 0.455. The van der Waals surface area contributed by atoms with E-state index in [0.29, 0.717) is 24.0 Å². The molecule has 0 saturated heterocycles. The lowest BCUT2D eigenvalue weighted by atomic mass is 10.2. The Morgan fingerprint density at radius 3 is 2.73 bits per heavy atom. The fourth-order valence-electron chi connectivity index (χ4n) is 1.18. The zero-order valence-corrected chi connectivity index (χ0v) is 9.75. The molecule has 4 heteroatoms. The summed E-state index contributed by atoms with van der Waals surface area (Å²) in [5, 5.41) is 0.611. The van der Waals surface area contributed by atoms with Gasteiger partial charge in [-0.3, -0.25) is 0 Å². The Kier molecular flexibility index (Phi) is 4.88. The molecule has 0 spiro atoms. The van der Waals surface area contributed by atoms with Crippen LogP contribution in [0.4, 0.5) is 0 Å². The largest absolute Gasteiger partial charge is 0.490 e. The molecule has 3 nitrogen and oxygen atoms in total. The molecule has 0 aromatic heterocycles. The van der Waals surface area contributed by atoms with Gasteiger partial charge in [0.1, 0.15) is 12.4 Å². The van der Waals surface area contributed by atoms with Crippen LogP contribution in [0.5, 0.6) is 5.75 Å². The number of halogens is 1. The van der Waals surface area contributed by atoms with E-state index in [4.69, 9.17) is 26.8 Å². The fourth-order valence-corrected chi connectivity index (χ4v) is 1.47. The summed E-state index contributed by atoms with van der Waals surface area (Å²) in [5.41, 5.74) is 6.82. The first-order chi connectivity index (χ1) is 7.13. The van der Waals surface area contributed by atoms with E-state index in [-0.39, 0.29) is 6.04 Å². The molecule has 1 aromatic carbocycles. The number of methoxy groups -OCH3 is 1. The van der Waals surface area contributed by atoms with Crippen molar-refractivity contribution in [1.82, 2.24) is 0 Å². The van der Waals surface area contributed by atoms with Gasteiger partial charge in [0.25, 0.3) is 0 Å². The van der Waals surface area contributed by atoms with Crippen molar-refractivity contribution in [2.75, 3.05) is 20.3 Å².